The SMILES string of the molecule is CC(=O)Nc1ccccc1Oc1cc(Br)ccc1C(C)N. The van der Waals surface area contributed by atoms with E-state index in [-0.39, 0.29) is 11.9 Å². The molecule has 0 saturated heterocycles. The van der Waals surface area contributed by atoms with Gasteiger partial charge in [-0.1, -0.05) is 34.1 Å². The van der Waals surface area contributed by atoms with Crippen LogP contribution in [0.2, 0.25) is 0 Å². The highest BCUT2D eigenvalue weighted by molar-refractivity contribution is 9.10. The average Bonchev–Trinajstić information content (AvgIpc) is 2.40. The number of carbonyl (C=O) groups excluding carboxylic acids is 1. The molecule has 0 fully saturated rings. The Balaban J connectivity index is 2.38. The number of hydrogen-bond donors (Lipinski definition) is 2. The van der Waals surface area contributed by atoms with Crippen LogP contribution in [0.5, 0.6) is 11.5 Å². The average molecular weight is 349 g/mol. The number of amides is 1. The Morgan fingerprint density at radius 1 is 1.24 bits per heavy atom. The first-order chi connectivity index (χ1) is 9.97. The largest absolute Gasteiger partial charge is 0.455 e. The van der Waals surface area contributed by atoms with Crippen LogP contribution in [0.25, 0.3) is 0 Å². The predicted octanol–water partition coefficient (Wildman–Crippen LogP) is 4.22. The third kappa shape index (κ3) is 4.06. The zero-order valence-electron chi connectivity index (χ0n) is 11.9. The summed E-state index contributed by atoms with van der Waals surface area (Å²) in [4.78, 5) is 11.3. The third-order valence-electron chi connectivity index (χ3n) is 2.88. The van der Waals surface area contributed by atoms with Crippen molar-refractivity contribution in [1.82, 2.24) is 0 Å². The highest BCUT2D eigenvalue weighted by Gasteiger charge is 2.12. The smallest absolute Gasteiger partial charge is 0.221 e. The maximum Gasteiger partial charge on any atom is 0.221 e. The molecular formula is C16H17BrN2O2. The summed E-state index contributed by atoms with van der Waals surface area (Å²) in [7, 11) is 0. The number of halogens is 1. The molecule has 2 aromatic rings. The van der Waals surface area contributed by atoms with Crippen molar-refractivity contribution < 1.29 is 9.53 Å². The van der Waals surface area contributed by atoms with Crippen LogP contribution in [0.15, 0.2) is 46.9 Å². The van der Waals surface area contributed by atoms with E-state index < -0.39 is 0 Å². The standard InChI is InChI=1S/C16H17BrN2O2/c1-10(18)13-8-7-12(17)9-16(13)21-15-6-4-3-5-14(15)19-11(2)20/h3-10H,18H2,1-2H3,(H,19,20). The van der Waals surface area contributed by atoms with E-state index in [0.29, 0.717) is 17.2 Å². The quantitative estimate of drug-likeness (QED) is 0.869. The molecule has 0 bridgehead atoms. The zero-order chi connectivity index (χ0) is 15.4. The number of benzene rings is 2. The van der Waals surface area contributed by atoms with E-state index in [1.807, 2.05) is 37.3 Å². The lowest BCUT2D eigenvalue weighted by Crippen LogP contribution is -2.08. The lowest BCUT2D eigenvalue weighted by atomic mass is 10.1. The Bertz CT molecular complexity index is 656. The number of para-hydroxylation sites is 2. The monoisotopic (exact) mass is 348 g/mol. The molecule has 0 aliphatic heterocycles. The Labute approximate surface area is 132 Å². The lowest BCUT2D eigenvalue weighted by Gasteiger charge is -2.16. The van der Waals surface area contributed by atoms with E-state index in [1.165, 1.54) is 6.92 Å². The topological polar surface area (TPSA) is 64.3 Å². The molecule has 4 nitrogen and oxygen atoms in total. The molecule has 0 saturated carbocycles. The minimum atomic E-state index is -0.152. The third-order valence-corrected chi connectivity index (χ3v) is 3.38. The molecule has 2 aromatic carbocycles. The van der Waals surface area contributed by atoms with E-state index in [4.69, 9.17) is 10.5 Å². The molecule has 1 unspecified atom stereocenters. The maximum absolute atomic E-state index is 11.3. The van der Waals surface area contributed by atoms with Gasteiger partial charge in [-0.15, -0.1) is 0 Å². The lowest BCUT2D eigenvalue weighted by molar-refractivity contribution is -0.114. The van der Waals surface area contributed by atoms with Crippen LogP contribution in [0.4, 0.5) is 5.69 Å². The molecule has 3 N–H and O–H groups in total. The van der Waals surface area contributed by atoms with Crippen molar-refractivity contribution >= 4 is 27.5 Å². The Morgan fingerprint density at radius 2 is 1.95 bits per heavy atom. The first-order valence-electron chi connectivity index (χ1n) is 6.57. The normalized spacial score (nSPS) is 11.8. The fourth-order valence-electron chi connectivity index (χ4n) is 1.94. The van der Waals surface area contributed by atoms with Crippen molar-refractivity contribution in [2.24, 2.45) is 5.73 Å². The second-order valence-electron chi connectivity index (χ2n) is 4.75. The van der Waals surface area contributed by atoms with Gasteiger partial charge in [0.05, 0.1) is 5.69 Å². The minimum Gasteiger partial charge on any atom is -0.455 e. The van der Waals surface area contributed by atoms with Crippen LogP contribution in [0.1, 0.15) is 25.5 Å². The predicted molar refractivity (Wildman–Crippen MR) is 87.6 cm³/mol. The number of carbonyl (C=O) groups is 1. The molecular weight excluding hydrogens is 332 g/mol. The summed E-state index contributed by atoms with van der Waals surface area (Å²) in [5.41, 5.74) is 7.50. The van der Waals surface area contributed by atoms with Gasteiger partial charge in [-0.3, -0.25) is 4.79 Å². The van der Waals surface area contributed by atoms with Gasteiger partial charge in [-0.25, -0.2) is 0 Å². The van der Waals surface area contributed by atoms with Gasteiger partial charge >= 0.3 is 0 Å². The Hall–Kier alpha value is -1.85. The molecule has 1 amide bonds. The van der Waals surface area contributed by atoms with Gasteiger partial charge < -0.3 is 15.8 Å². The van der Waals surface area contributed by atoms with E-state index in [1.54, 1.807) is 12.1 Å². The number of ether oxygens (including phenoxy) is 1. The summed E-state index contributed by atoms with van der Waals surface area (Å²) in [6.45, 7) is 3.36. The number of anilines is 1. The van der Waals surface area contributed by atoms with Crippen molar-refractivity contribution in [2.75, 3.05) is 5.32 Å². The molecule has 0 aromatic heterocycles. The van der Waals surface area contributed by atoms with Crippen LogP contribution in [0, 0.1) is 0 Å². The van der Waals surface area contributed by atoms with Crippen molar-refractivity contribution in [3.8, 4) is 11.5 Å². The van der Waals surface area contributed by atoms with Gasteiger partial charge in [0, 0.05) is 23.0 Å². The summed E-state index contributed by atoms with van der Waals surface area (Å²) >= 11 is 3.43. The Kier molecular flexibility index (Phi) is 4.98. The van der Waals surface area contributed by atoms with Crippen LogP contribution in [0.3, 0.4) is 0 Å². The molecule has 110 valence electrons. The zero-order valence-corrected chi connectivity index (χ0v) is 13.5. The number of rotatable bonds is 4. The number of nitrogens with one attached hydrogen (secondary N) is 1. The summed E-state index contributed by atoms with van der Waals surface area (Å²) in [5, 5.41) is 2.75. The summed E-state index contributed by atoms with van der Waals surface area (Å²) in [6, 6.07) is 12.8. The van der Waals surface area contributed by atoms with Crippen molar-refractivity contribution in [3.05, 3.63) is 52.5 Å². The Morgan fingerprint density at radius 3 is 2.62 bits per heavy atom. The molecule has 0 heterocycles. The molecule has 21 heavy (non-hydrogen) atoms. The summed E-state index contributed by atoms with van der Waals surface area (Å²) < 4.78 is 6.86. The minimum absolute atomic E-state index is 0.146. The second kappa shape index (κ2) is 6.74. The van der Waals surface area contributed by atoms with Crippen LogP contribution < -0.4 is 15.8 Å². The van der Waals surface area contributed by atoms with E-state index in [9.17, 15) is 4.79 Å². The van der Waals surface area contributed by atoms with Crippen LogP contribution in [-0.2, 0) is 4.79 Å². The molecule has 5 heteroatoms. The molecule has 0 aliphatic carbocycles. The van der Waals surface area contributed by atoms with Crippen LogP contribution in [-0.4, -0.2) is 5.91 Å². The van der Waals surface area contributed by atoms with Crippen LogP contribution >= 0.6 is 15.9 Å². The maximum atomic E-state index is 11.3. The molecule has 0 aliphatic rings. The van der Waals surface area contributed by atoms with Gasteiger partial charge in [0.15, 0.2) is 5.75 Å². The molecule has 2 rings (SSSR count). The van der Waals surface area contributed by atoms with Gasteiger partial charge in [0.1, 0.15) is 5.75 Å². The van der Waals surface area contributed by atoms with E-state index in [2.05, 4.69) is 21.2 Å². The van der Waals surface area contributed by atoms with E-state index >= 15 is 0 Å². The second-order valence-corrected chi connectivity index (χ2v) is 5.67. The van der Waals surface area contributed by atoms with Crippen molar-refractivity contribution in [1.29, 1.82) is 0 Å². The van der Waals surface area contributed by atoms with Gasteiger partial charge in [0.25, 0.3) is 0 Å². The van der Waals surface area contributed by atoms with Gasteiger partial charge in [0.2, 0.25) is 5.91 Å². The molecule has 1 atom stereocenters. The van der Waals surface area contributed by atoms with Gasteiger partial charge in [-0.05, 0) is 31.2 Å². The molecule has 0 radical (unpaired) electrons. The number of nitrogens with two attached hydrogens (primary N) is 1. The molecule has 0 spiro atoms. The first kappa shape index (κ1) is 15.5. The summed E-state index contributed by atoms with van der Waals surface area (Å²) in [5.74, 6) is 1.09. The van der Waals surface area contributed by atoms with Crippen molar-refractivity contribution in [2.45, 2.75) is 19.9 Å². The summed E-state index contributed by atoms with van der Waals surface area (Å²) in [6.07, 6.45) is 0. The van der Waals surface area contributed by atoms with Crippen molar-refractivity contribution in [3.63, 3.8) is 0 Å². The highest BCUT2D eigenvalue weighted by atomic mass is 79.9. The fraction of sp³-hybridized carbons (Fsp3) is 0.188. The first-order valence-corrected chi connectivity index (χ1v) is 7.36. The highest BCUT2D eigenvalue weighted by Crippen LogP contribution is 2.34. The fourth-order valence-corrected chi connectivity index (χ4v) is 2.28. The number of hydrogen-bond acceptors (Lipinski definition) is 3. The van der Waals surface area contributed by atoms with E-state index in [0.717, 1.165) is 10.0 Å². The van der Waals surface area contributed by atoms with Gasteiger partial charge in [-0.2, -0.15) is 0 Å².